The van der Waals surface area contributed by atoms with Crippen molar-refractivity contribution in [1.82, 2.24) is 9.80 Å². The second-order valence-electron chi connectivity index (χ2n) is 15.1. The van der Waals surface area contributed by atoms with Gasteiger partial charge in [-0.05, 0) is 55.8 Å². The summed E-state index contributed by atoms with van der Waals surface area (Å²) in [4.78, 5) is 4.43. The molecule has 0 atom stereocenters. The van der Waals surface area contributed by atoms with Crippen molar-refractivity contribution >= 4 is 33.3 Å². The first-order valence-electron chi connectivity index (χ1n) is 19.2. The van der Waals surface area contributed by atoms with Gasteiger partial charge in [-0.25, -0.2) is 0 Å². The van der Waals surface area contributed by atoms with Crippen molar-refractivity contribution in [3.05, 3.63) is 124 Å². The van der Waals surface area contributed by atoms with Crippen molar-refractivity contribution in [2.24, 2.45) is 0 Å². The fraction of sp³-hybridized carbons (Fsp3) is 0.467. The molecular weight excluding hydrogens is 715 g/mol. The molecule has 4 N–H and O–H groups in total. The quantitative estimate of drug-likeness (QED) is 0.0780. The summed E-state index contributed by atoms with van der Waals surface area (Å²) in [7, 11) is 8.46. The molecule has 0 aliphatic carbocycles. The molecule has 5 heteroatoms. The fourth-order valence-electron chi connectivity index (χ4n) is 7.17. The first-order chi connectivity index (χ1) is 24.0. The molecule has 0 aromatic heterocycles. The third-order valence-electron chi connectivity index (χ3n) is 10.1. The minimum Gasteiger partial charge on any atom is -0.398 e. The summed E-state index contributed by atoms with van der Waals surface area (Å²) in [5.74, 6) is 0. The molecule has 4 nitrogen and oxygen atoms in total. The zero-order valence-electron chi connectivity index (χ0n) is 32.8. The minimum atomic E-state index is -2.42. The van der Waals surface area contributed by atoms with Crippen molar-refractivity contribution in [2.45, 2.75) is 105 Å². The number of benzene rings is 4. The zero-order valence-corrected chi connectivity index (χ0v) is 35.7. The second-order valence-corrected chi connectivity index (χ2v) is 28.3. The average molecular weight is 784 g/mol. The van der Waals surface area contributed by atoms with Crippen LogP contribution in [0.5, 0.6) is 0 Å². The van der Waals surface area contributed by atoms with Crippen molar-refractivity contribution < 1.29 is 0 Å². The van der Waals surface area contributed by atoms with Gasteiger partial charge in [-0.3, -0.25) is 0 Å². The number of hydrogen-bond acceptors (Lipinski definition) is 4. The number of rotatable bonds is 18. The van der Waals surface area contributed by atoms with Crippen LogP contribution < -0.4 is 15.0 Å². The molecular formula is C45H68N4Sn. The monoisotopic (exact) mass is 784 g/mol. The van der Waals surface area contributed by atoms with Gasteiger partial charge >= 0.3 is 197 Å². The fourth-order valence-corrected chi connectivity index (χ4v) is 23.2. The second kappa shape index (κ2) is 21.5. The maximum atomic E-state index is 6.73. The number of nitrogens with two attached hydrogens (primary N) is 2. The molecule has 0 unspecified atom stereocenters. The predicted molar refractivity (Wildman–Crippen MR) is 224 cm³/mol. The van der Waals surface area contributed by atoms with Crippen molar-refractivity contribution in [1.29, 1.82) is 0 Å². The number of anilines is 2. The van der Waals surface area contributed by atoms with Gasteiger partial charge in [0, 0.05) is 12.2 Å². The Morgan fingerprint density at radius 2 is 0.900 bits per heavy atom. The van der Waals surface area contributed by atoms with Gasteiger partial charge in [0.1, 0.15) is 0 Å². The van der Waals surface area contributed by atoms with Crippen LogP contribution in [0.15, 0.2) is 84.9 Å². The molecule has 0 radical (unpaired) electrons. The first-order valence-corrected chi connectivity index (χ1v) is 26.7. The van der Waals surface area contributed by atoms with Crippen LogP contribution in [0, 0.1) is 6.92 Å². The molecule has 4 aromatic carbocycles. The Hall–Kier alpha value is -2.80. The SMILES string of the molecule is CCC[CH2][Sn]([CH2]CCC)([CH2]CCC)[c]1ccc(Cc2ccccc2CN(C)C)c(N)c1.Cc1ccc(Cc2ccccc2CN(C)C)c(N)c1. The van der Waals surface area contributed by atoms with E-state index in [0.717, 1.165) is 37.3 Å². The Labute approximate surface area is 310 Å². The Kier molecular flexibility index (Phi) is 17.9. The Balaban J connectivity index is 0.000000303. The van der Waals surface area contributed by atoms with Gasteiger partial charge in [0.25, 0.3) is 0 Å². The molecule has 4 rings (SSSR count). The van der Waals surface area contributed by atoms with E-state index in [1.54, 1.807) is 3.58 Å². The van der Waals surface area contributed by atoms with Gasteiger partial charge in [0.2, 0.25) is 0 Å². The summed E-state index contributed by atoms with van der Waals surface area (Å²) in [5, 5.41) is 0. The average Bonchev–Trinajstić information content (AvgIpc) is 3.08. The number of aryl methyl sites for hydroxylation is 1. The summed E-state index contributed by atoms with van der Waals surface area (Å²) in [6.07, 6.45) is 9.94. The molecule has 0 aliphatic rings. The molecule has 0 heterocycles. The van der Waals surface area contributed by atoms with Crippen LogP contribution in [0.1, 0.15) is 98.2 Å². The molecule has 50 heavy (non-hydrogen) atoms. The van der Waals surface area contributed by atoms with E-state index in [1.807, 2.05) is 6.07 Å². The van der Waals surface area contributed by atoms with Crippen LogP contribution in [-0.2, 0) is 25.9 Å². The molecule has 0 fully saturated rings. The minimum absolute atomic E-state index is 0.889. The van der Waals surface area contributed by atoms with Gasteiger partial charge in [-0.1, -0.05) is 36.4 Å². The summed E-state index contributed by atoms with van der Waals surface area (Å²) in [6.45, 7) is 11.0. The van der Waals surface area contributed by atoms with E-state index in [1.165, 1.54) is 90.8 Å². The van der Waals surface area contributed by atoms with Crippen LogP contribution in [0.25, 0.3) is 0 Å². The van der Waals surface area contributed by atoms with Crippen LogP contribution >= 0.6 is 0 Å². The van der Waals surface area contributed by atoms with Crippen LogP contribution in [0.4, 0.5) is 11.4 Å². The van der Waals surface area contributed by atoms with E-state index in [9.17, 15) is 0 Å². The summed E-state index contributed by atoms with van der Waals surface area (Å²) in [5.41, 5.74) is 24.0. The van der Waals surface area contributed by atoms with E-state index in [-0.39, 0.29) is 0 Å². The van der Waals surface area contributed by atoms with Crippen LogP contribution in [0.2, 0.25) is 13.3 Å². The zero-order chi connectivity index (χ0) is 36.5. The number of hydrogen-bond donors (Lipinski definition) is 2. The number of unbranched alkanes of at least 4 members (excludes halogenated alkanes) is 3. The third-order valence-corrected chi connectivity index (χ3v) is 25.7. The summed E-state index contributed by atoms with van der Waals surface area (Å²) in [6, 6.07) is 31.0. The molecule has 0 bridgehead atoms. The van der Waals surface area contributed by atoms with E-state index in [2.05, 4.69) is 145 Å². The Bertz CT molecular complexity index is 1560. The third kappa shape index (κ3) is 13.1. The maximum absolute atomic E-state index is 6.73. The van der Waals surface area contributed by atoms with Crippen LogP contribution in [-0.4, -0.2) is 56.4 Å². The van der Waals surface area contributed by atoms with Crippen LogP contribution in [0.3, 0.4) is 0 Å². The molecule has 0 aliphatic heterocycles. The molecule has 4 aromatic rings. The van der Waals surface area contributed by atoms with Gasteiger partial charge in [0.05, 0.1) is 0 Å². The summed E-state index contributed by atoms with van der Waals surface area (Å²) < 4.78 is 6.17. The van der Waals surface area contributed by atoms with Gasteiger partial charge < -0.3 is 10.6 Å². The van der Waals surface area contributed by atoms with Gasteiger partial charge in [-0.2, -0.15) is 0 Å². The van der Waals surface area contributed by atoms with Gasteiger partial charge in [-0.15, -0.1) is 0 Å². The largest absolute Gasteiger partial charge is 0.398 e. The molecule has 0 saturated carbocycles. The van der Waals surface area contributed by atoms with Gasteiger partial charge in [0.15, 0.2) is 0 Å². The normalized spacial score (nSPS) is 11.6. The van der Waals surface area contributed by atoms with Crippen molar-refractivity contribution in [3.8, 4) is 0 Å². The van der Waals surface area contributed by atoms with E-state index in [4.69, 9.17) is 11.5 Å². The number of nitrogens with zero attached hydrogens (tertiary/aromatic N) is 2. The molecule has 0 amide bonds. The maximum Gasteiger partial charge on any atom is 0.0352 e. The number of nitrogen functional groups attached to an aromatic ring is 2. The molecule has 272 valence electrons. The topological polar surface area (TPSA) is 58.5 Å². The Morgan fingerprint density at radius 1 is 0.500 bits per heavy atom. The molecule has 0 saturated heterocycles. The van der Waals surface area contributed by atoms with Crippen molar-refractivity contribution in [2.75, 3.05) is 39.7 Å². The first kappa shape index (κ1) is 41.6. The van der Waals surface area contributed by atoms with E-state index >= 15 is 0 Å². The predicted octanol–water partition coefficient (Wildman–Crippen LogP) is 10.2. The Morgan fingerprint density at radius 3 is 1.28 bits per heavy atom. The summed E-state index contributed by atoms with van der Waals surface area (Å²) >= 11 is -2.42. The smallest absolute Gasteiger partial charge is 0.0352 e. The standard InChI is InChI=1S/C17H22N2.C16H19N2.3C4H9.Sn/c1-13-8-9-15(17(18)10-13)11-14-6-4-5-7-16(14)12-19(2)3;1-18(2)12-15-9-4-3-7-13(15)11-14-8-5-6-10-16(14)17;3*1-3-4-2;/h4-10H,11-12,18H2,1-3H3;3-5,7-10H,11-12,17H2,1-2H3;3*1,3-4H2,2H3;. The van der Waals surface area contributed by atoms with E-state index in [0.29, 0.717) is 0 Å². The van der Waals surface area contributed by atoms with Crippen molar-refractivity contribution in [3.63, 3.8) is 0 Å². The molecule has 0 spiro atoms. The van der Waals surface area contributed by atoms with E-state index < -0.39 is 18.4 Å².